The molecule has 5 nitrogen and oxygen atoms in total. The Morgan fingerprint density at radius 3 is 2.80 bits per heavy atom. The van der Waals surface area contributed by atoms with E-state index in [1.165, 1.54) is 0 Å². The second-order valence-electron chi connectivity index (χ2n) is 6.65. The van der Waals surface area contributed by atoms with Crippen molar-refractivity contribution in [3.8, 4) is 0 Å². The standard InChI is InChI=1S/C15H24N2O3/c1-10-12(13(16-20-10)15(2,3)4)14(19)17-7-5-6-11(8-17)9-18/h11,18H,5-9H2,1-4H3. The topological polar surface area (TPSA) is 66.6 Å². The average molecular weight is 280 g/mol. The van der Waals surface area contributed by atoms with Gasteiger partial charge >= 0.3 is 0 Å². The fourth-order valence-electron chi connectivity index (χ4n) is 2.69. The Hall–Kier alpha value is -1.36. The second-order valence-corrected chi connectivity index (χ2v) is 6.65. The number of carbonyl (C=O) groups is 1. The molecule has 1 aromatic rings. The molecule has 1 aliphatic heterocycles. The molecule has 0 radical (unpaired) electrons. The van der Waals surface area contributed by atoms with Crippen LogP contribution in [0.4, 0.5) is 0 Å². The van der Waals surface area contributed by atoms with E-state index in [1.54, 1.807) is 6.92 Å². The van der Waals surface area contributed by atoms with Crippen LogP contribution in [0, 0.1) is 12.8 Å². The van der Waals surface area contributed by atoms with E-state index in [0.717, 1.165) is 19.4 Å². The minimum absolute atomic E-state index is 0.0215. The molecule has 1 unspecified atom stereocenters. The van der Waals surface area contributed by atoms with E-state index in [4.69, 9.17) is 4.52 Å². The molecule has 0 saturated carbocycles. The summed E-state index contributed by atoms with van der Waals surface area (Å²) in [5, 5.41) is 13.4. The van der Waals surface area contributed by atoms with Crippen molar-refractivity contribution in [2.24, 2.45) is 5.92 Å². The van der Waals surface area contributed by atoms with E-state index in [-0.39, 0.29) is 23.8 Å². The third-order valence-electron chi connectivity index (χ3n) is 3.85. The van der Waals surface area contributed by atoms with Crippen molar-refractivity contribution in [3.63, 3.8) is 0 Å². The molecule has 1 N–H and O–H groups in total. The summed E-state index contributed by atoms with van der Waals surface area (Å²) in [4.78, 5) is 14.6. The molecule has 2 heterocycles. The molecule has 1 atom stereocenters. The third kappa shape index (κ3) is 2.87. The molecule has 1 aliphatic rings. The van der Waals surface area contributed by atoms with E-state index >= 15 is 0 Å². The highest BCUT2D eigenvalue weighted by atomic mass is 16.5. The predicted octanol–water partition coefficient (Wildman–Crippen LogP) is 2.13. The molecule has 1 saturated heterocycles. The van der Waals surface area contributed by atoms with Crippen LogP contribution in [0.15, 0.2) is 4.52 Å². The smallest absolute Gasteiger partial charge is 0.259 e. The van der Waals surface area contributed by atoms with Gasteiger partial charge in [0, 0.05) is 25.1 Å². The summed E-state index contributed by atoms with van der Waals surface area (Å²) in [6, 6.07) is 0. The Morgan fingerprint density at radius 2 is 2.20 bits per heavy atom. The summed E-state index contributed by atoms with van der Waals surface area (Å²) in [7, 11) is 0. The maximum absolute atomic E-state index is 12.8. The quantitative estimate of drug-likeness (QED) is 0.901. The maximum atomic E-state index is 12.8. The van der Waals surface area contributed by atoms with Gasteiger partial charge in [-0.3, -0.25) is 4.79 Å². The van der Waals surface area contributed by atoms with Gasteiger partial charge in [-0.05, 0) is 25.7 Å². The van der Waals surface area contributed by atoms with Gasteiger partial charge in [-0.25, -0.2) is 0 Å². The number of rotatable bonds is 2. The molecule has 0 bridgehead atoms. The third-order valence-corrected chi connectivity index (χ3v) is 3.85. The van der Waals surface area contributed by atoms with E-state index in [0.29, 0.717) is 23.6 Å². The minimum Gasteiger partial charge on any atom is -0.396 e. The van der Waals surface area contributed by atoms with Crippen LogP contribution < -0.4 is 0 Å². The van der Waals surface area contributed by atoms with Gasteiger partial charge in [0.25, 0.3) is 5.91 Å². The lowest BCUT2D eigenvalue weighted by Gasteiger charge is -2.32. The van der Waals surface area contributed by atoms with Crippen LogP contribution in [0.1, 0.15) is 55.4 Å². The first kappa shape index (κ1) is 15.0. The summed E-state index contributed by atoms with van der Waals surface area (Å²) < 4.78 is 5.24. The number of aliphatic hydroxyl groups is 1. The van der Waals surface area contributed by atoms with Crippen LogP contribution in [0.25, 0.3) is 0 Å². The van der Waals surface area contributed by atoms with Gasteiger partial charge in [0.05, 0.1) is 0 Å². The molecule has 20 heavy (non-hydrogen) atoms. The van der Waals surface area contributed by atoms with Crippen molar-refractivity contribution < 1.29 is 14.4 Å². The first-order valence-electron chi connectivity index (χ1n) is 7.21. The lowest BCUT2D eigenvalue weighted by atomic mass is 9.88. The summed E-state index contributed by atoms with van der Waals surface area (Å²) in [6.45, 7) is 9.34. The SMILES string of the molecule is Cc1onc(C(C)(C)C)c1C(=O)N1CCCC(CO)C1. The number of amides is 1. The molecule has 2 rings (SSSR count). The van der Waals surface area contributed by atoms with E-state index in [9.17, 15) is 9.90 Å². The Kier molecular flexibility index (Phi) is 4.18. The fraction of sp³-hybridized carbons (Fsp3) is 0.733. The number of carbonyl (C=O) groups excluding carboxylic acids is 1. The lowest BCUT2D eigenvalue weighted by molar-refractivity contribution is 0.0617. The molecule has 1 aromatic heterocycles. The number of nitrogens with zero attached hydrogens (tertiary/aromatic N) is 2. The van der Waals surface area contributed by atoms with Crippen molar-refractivity contribution >= 4 is 5.91 Å². The van der Waals surface area contributed by atoms with Crippen LogP contribution >= 0.6 is 0 Å². The highest BCUT2D eigenvalue weighted by molar-refractivity contribution is 5.96. The van der Waals surface area contributed by atoms with Crippen LogP contribution in [0.2, 0.25) is 0 Å². The first-order valence-corrected chi connectivity index (χ1v) is 7.21. The highest BCUT2D eigenvalue weighted by Crippen LogP contribution is 2.29. The minimum atomic E-state index is -0.227. The molecular formula is C15H24N2O3. The van der Waals surface area contributed by atoms with Gasteiger partial charge < -0.3 is 14.5 Å². The van der Waals surface area contributed by atoms with Crippen molar-refractivity contribution in [1.29, 1.82) is 0 Å². The normalized spacial score (nSPS) is 20.2. The number of hydrogen-bond acceptors (Lipinski definition) is 4. The summed E-state index contributed by atoms with van der Waals surface area (Å²) in [5.74, 6) is 0.740. The molecule has 1 amide bonds. The lowest BCUT2D eigenvalue weighted by Crippen LogP contribution is -2.41. The van der Waals surface area contributed by atoms with E-state index in [1.807, 2.05) is 25.7 Å². The highest BCUT2D eigenvalue weighted by Gasteiger charge is 2.33. The summed E-state index contributed by atoms with van der Waals surface area (Å²) in [6.07, 6.45) is 1.92. The molecule has 0 aliphatic carbocycles. The molecule has 0 aromatic carbocycles. The fourth-order valence-corrected chi connectivity index (χ4v) is 2.69. The molecular weight excluding hydrogens is 256 g/mol. The first-order chi connectivity index (χ1) is 9.34. The van der Waals surface area contributed by atoms with E-state index in [2.05, 4.69) is 5.16 Å². The number of aromatic nitrogens is 1. The summed E-state index contributed by atoms with van der Waals surface area (Å²) >= 11 is 0. The van der Waals surface area contributed by atoms with Crippen LogP contribution in [0.3, 0.4) is 0 Å². The molecule has 112 valence electrons. The zero-order valence-electron chi connectivity index (χ0n) is 12.8. The number of aryl methyl sites for hydroxylation is 1. The maximum Gasteiger partial charge on any atom is 0.259 e. The van der Waals surface area contributed by atoms with Crippen LogP contribution in [-0.4, -0.2) is 40.8 Å². The van der Waals surface area contributed by atoms with Gasteiger partial charge in [0.15, 0.2) is 0 Å². The van der Waals surface area contributed by atoms with Gasteiger partial charge in [-0.2, -0.15) is 0 Å². The van der Waals surface area contributed by atoms with Crippen molar-refractivity contribution in [3.05, 3.63) is 17.0 Å². The Morgan fingerprint density at radius 1 is 1.50 bits per heavy atom. The average Bonchev–Trinajstić information content (AvgIpc) is 2.80. The second kappa shape index (κ2) is 5.56. The molecule has 1 fully saturated rings. The Bertz CT molecular complexity index is 488. The predicted molar refractivity (Wildman–Crippen MR) is 75.7 cm³/mol. The number of piperidine rings is 1. The molecule has 5 heteroatoms. The van der Waals surface area contributed by atoms with Crippen LogP contribution in [0.5, 0.6) is 0 Å². The van der Waals surface area contributed by atoms with Gasteiger partial charge in [-0.15, -0.1) is 0 Å². The van der Waals surface area contributed by atoms with E-state index < -0.39 is 0 Å². The largest absolute Gasteiger partial charge is 0.396 e. The van der Waals surface area contributed by atoms with Crippen molar-refractivity contribution in [2.45, 2.75) is 46.0 Å². The molecule has 0 spiro atoms. The monoisotopic (exact) mass is 280 g/mol. The van der Waals surface area contributed by atoms with Gasteiger partial charge in [-0.1, -0.05) is 25.9 Å². The number of likely N-dealkylation sites (tertiary alicyclic amines) is 1. The Balaban J connectivity index is 2.27. The van der Waals surface area contributed by atoms with Gasteiger partial charge in [0.1, 0.15) is 17.0 Å². The van der Waals surface area contributed by atoms with Crippen LogP contribution in [-0.2, 0) is 5.41 Å². The van der Waals surface area contributed by atoms with Crippen molar-refractivity contribution in [2.75, 3.05) is 19.7 Å². The Labute approximate surface area is 119 Å². The summed E-state index contributed by atoms with van der Waals surface area (Å²) in [5.41, 5.74) is 1.08. The zero-order valence-corrected chi connectivity index (χ0v) is 12.8. The zero-order chi connectivity index (χ0) is 14.9. The van der Waals surface area contributed by atoms with Gasteiger partial charge in [0.2, 0.25) is 0 Å². The number of aliphatic hydroxyl groups excluding tert-OH is 1. The number of hydrogen-bond donors (Lipinski definition) is 1. The van der Waals surface area contributed by atoms with Crippen molar-refractivity contribution in [1.82, 2.24) is 10.1 Å².